The lowest BCUT2D eigenvalue weighted by molar-refractivity contribution is -0.119. The maximum atomic E-state index is 12.7. The Morgan fingerprint density at radius 3 is 2.65 bits per heavy atom. The highest BCUT2D eigenvalue weighted by atomic mass is 16.5. The average molecular weight is 308 g/mol. The van der Waals surface area contributed by atoms with Crippen LogP contribution in [0.3, 0.4) is 0 Å². The SMILES string of the molecule is COc1ccc(N2C(=O)[C@H](/C3=C/C=C\C=C/CC3)C=C2[O])cc1. The Kier molecular flexibility index (Phi) is 4.33. The second-order valence-electron chi connectivity index (χ2n) is 5.45. The van der Waals surface area contributed by atoms with Crippen LogP contribution in [0.2, 0.25) is 0 Å². The van der Waals surface area contributed by atoms with E-state index in [9.17, 15) is 9.90 Å². The molecule has 1 heterocycles. The Balaban J connectivity index is 1.85. The minimum Gasteiger partial charge on any atom is -0.497 e. The van der Waals surface area contributed by atoms with Crippen molar-refractivity contribution in [1.82, 2.24) is 0 Å². The lowest BCUT2D eigenvalue weighted by Crippen LogP contribution is -2.29. The van der Waals surface area contributed by atoms with Gasteiger partial charge in [-0.1, -0.05) is 36.0 Å². The molecular weight excluding hydrogens is 290 g/mol. The quantitative estimate of drug-likeness (QED) is 0.853. The molecule has 1 aliphatic carbocycles. The first-order valence-corrected chi connectivity index (χ1v) is 7.60. The standard InChI is InChI=1S/C19H18NO3/c1-23-16-11-9-15(10-12-16)20-18(21)13-17(19(20)22)14-7-5-3-2-4-6-8-14/h2-5,7,9-13,17H,6,8H2,1H3/b4-2-,5-3-,14-7+/t17-/m0/s1. The molecule has 0 fully saturated rings. The summed E-state index contributed by atoms with van der Waals surface area (Å²) in [4.78, 5) is 14.0. The smallest absolute Gasteiger partial charge is 0.254 e. The summed E-state index contributed by atoms with van der Waals surface area (Å²) >= 11 is 0. The Morgan fingerprint density at radius 2 is 1.91 bits per heavy atom. The van der Waals surface area contributed by atoms with E-state index < -0.39 is 5.92 Å². The molecular formula is C19H18NO3. The summed E-state index contributed by atoms with van der Waals surface area (Å²) in [5.74, 6) is -0.245. The molecule has 4 nitrogen and oxygen atoms in total. The molecule has 0 unspecified atom stereocenters. The van der Waals surface area contributed by atoms with E-state index in [0.717, 1.165) is 18.4 Å². The number of amides is 1. The topological polar surface area (TPSA) is 49.4 Å². The number of carbonyl (C=O) groups excluding carboxylic acids is 1. The van der Waals surface area contributed by atoms with Crippen molar-refractivity contribution in [3.8, 4) is 5.75 Å². The van der Waals surface area contributed by atoms with Crippen LogP contribution in [0.1, 0.15) is 12.8 Å². The zero-order valence-electron chi connectivity index (χ0n) is 12.9. The molecule has 0 N–H and O–H groups in total. The fourth-order valence-corrected chi connectivity index (χ4v) is 2.80. The number of anilines is 1. The number of benzene rings is 1. The Morgan fingerprint density at radius 1 is 1.13 bits per heavy atom. The van der Waals surface area contributed by atoms with Crippen molar-refractivity contribution >= 4 is 11.6 Å². The summed E-state index contributed by atoms with van der Waals surface area (Å²) in [7, 11) is 1.58. The van der Waals surface area contributed by atoms with Gasteiger partial charge in [0.15, 0.2) is 0 Å². The highest BCUT2D eigenvalue weighted by Crippen LogP contribution is 2.34. The molecule has 117 valence electrons. The zero-order chi connectivity index (χ0) is 16.2. The normalized spacial score (nSPS) is 25.9. The molecule has 0 saturated carbocycles. The largest absolute Gasteiger partial charge is 0.497 e. The van der Waals surface area contributed by atoms with Crippen LogP contribution in [-0.2, 0) is 9.90 Å². The second-order valence-corrected chi connectivity index (χ2v) is 5.45. The molecule has 1 atom stereocenters. The van der Waals surface area contributed by atoms with Crippen molar-refractivity contribution in [3.63, 3.8) is 0 Å². The van der Waals surface area contributed by atoms with Gasteiger partial charge in [-0.3, -0.25) is 9.90 Å². The van der Waals surface area contributed by atoms with E-state index in [1.807, 2.05) is 24.3 Å². The second kappa shape index (κ2) is 6.57. The summed E-state index contributed by atoms with van der Waals surface area (Å²) < 4.78 is 5.11. The molecule has 23 heavy (non-hydrogen) atoms. The lowest BCUT2D eigenvalue weighted by Gasteiger charge is -2.18. The van der Waals surface area contributed by atoms with Crippen molar-refractivity contribution in [2.75, 3.05) is 12.0 Å². The molecule has 0 saturated heterocycles. The maximum absolute atomic E-state index is 12.7. The van der Waals surface area contributed by atoms with Crippen LogP contribution in [0.4, 0.5) is 5.69 Å². The minimum absolute atomic E-state index is 0.190. The molecule has 1 aliphatic heterocycles. The summed E-state index contributed by atoms with van der Waals surface area (Å²) in [6.45, 7) is 0. The van der Waals surface area contributed by atoms with Gasteiger partial charge in [0.1, 0.15) is 5.75 Å². The van der Waals surface area contributed by atoms with Crippen LogP contribution < -0.4 is 9.64 Å². The summed E-state index contributed by atoms with van der Waals surface area (Å²) in [5, 5.41) is 12.3. The van der Waals surface area contributed by atoms with E-state index in [2.05, 4.69) is 6.08 Å². The van der Waals surface area contributed by atoms with Gasteiger partial charge in [0.25, 0.3) is 5.88 Å². The Bertz CT molecular complexity index is 711. The Hall–Kier alpha value is -2.75. The van der Waals surface area contributed by atoms with Crippen LogP contribution in [0.25, 0.3) is 0 Å². The van der Waals surface area contributed by atoms with Crippen molar-refractivity contribution in [2.45, 2.75) is 12.8 Å². The number of hydrogen-bond acceptors (Lipinski definition) is 2. The lowest BCUT2D eigenvalue weighted by atomic mass is 9.93. The van der Waals surface area contributed by atoms with Crippen LogP contribution in [0.5, 0.6) is 5.75 Å². The zero-order valence-corrected chi connectivity index (χ0v) is 12.9. The molecule has 1 aromatic rings. The molecule has 2 aliphatic rings. The van der Waals surface area contributed by atoms with Gasteiger partial charge in [-0.05, 0) is 43.2 Å². The third-order valence-electron chi connectivity index (χ3n) is 4.01. The van der Waals surface area contributed by atoms with Crippen LogP contribution >= 0.6 is 0 Å². The van der Waals surface area contributed by atoms with Crippen molar-refractivity contribution in [3.05, 3.63) is 72.2 Å². The molecule has 0 bridgehead atoms. The van der Waals surface area contributed by atoms with Gasteiger partial charge in [-0.25, -0.2) is 4.90 Å². The number of ether oxygens (including phenoxy) is 1. The number of hydrogen-bond donors (Lipinski definition) is 0. The molecule has 4 heteroatoms. The fourth-order valence-electron chi connectivity index (χ4n) is 2.80. The van der Waals surface area contributed by atoms with Gasteiger partial charge >= 0.3 is 0 Å². The van der Waals surface area contributed by atoms with Crippen molar-refractivity contribution < 1.29 is 14.6 Å². The van der Waals surface area contributed by atoms with Gasteiger partial charge < -0.3 is 4.74 Å². The van der Waals surface area contributed by atoms with E-state index in [4.69, 9.17) is 4.74 Å². The first-order chi connectivity index (χ1) is 11.2. The van der Waals surface area contributed by atoms with Crippen LogP contribution in [0, 0.1) is 5.92 Å². The van der Waals surface area contributed by atoms with E-state index in [-0.39, 0.29) is 11.8 Å². The van der Waals surface area contributed by atoms with Crippen molar-refractivity contribution in [1.29, 1.82) is 0 Å². The third kappa shape index (κ3) is 3.06. The number of carbonyl (C=O) groups is 1. The third-order valence-corrected chi connectivity index (χ3v) is 4.01. The van der Waals surface area contributed by atoms with Gasteiger partial charge in [-0.15, -0.1) is 0 Å². The van der Waals surface area contributed by atoms with Crippen LogP contribution in [-0.4, -0.2) is 13.0 Å². The first kappa shape index (κ1) is 15.2. The number of allylic oxidation sites excluding steroid dienone is 5. The predicted molar refractivity (Wildman–Crippen MR) is 88.3 cm³/mol. The van der Waals surface area contributed by atoms with Crippen LogP contribution in [0.15, 0.2) is 72.2 Å². The van der Waals surface area contributed by atoms with E-state index in [0.29, 0.717) is 11.4 Å². The summed E-state index contributed by atoms with van der Waals surface area (Å²) in [6.07, 6.45) is 13.0. The van der Waals surface area contributed by atoms with E-state index in [1.165, 1.54) is 11.0 Å². The van der Waals surface area contributed by atoms with Gasteiger partial charge in [0.2, 0.25) is 5.91 Å². The number of nitrogens with zero attached hydrogens (tertiary/aromatic N) is 1. The van der Waals surface area contributed by atoms with Crippen molar-refractivity contribution in [2.24, 2.45) is 5.92 Å². The fraction of sp³-hybridized carbons (Fsp3) is 0.211. The summed E-state index contributed by atoms with van der Waals surface area (Å²) in [6, 6.07) is 6.93. The average Bonchev–Trinajstić information content (AvgIpc) is 2.82. The van der Waals surface area contributed by atoms with E-state index >= 15 is 0 Å². The van der Waals surface area contributed by atoms with Gasteiger partial charge in [0, 0.05) is 0 Å². The molecule has 1 amide bonds. The molecule has 3 rings (SSSR count). The molecule has 0 aromatic heterocycles. The Labute approximate surface area is 135 Å². The first-order valence-electron chi connectivity index (χ1n) is 7.60. The van der Waals surface area contributed by atoms with E-state index in [1.54, 1.807) is 31.4 Å². The van der Waals surface area contributed by atoms with Gasteiger partial charge in [0.05, 0.1) is 18.7 Å². The van der Waals surface area contributed by atoms with Gasteiger partial charge in [-0.2, -0.15) is 0 Å². The monoisotopic (exact) mass is 308 g/mol. The minimum atomic E-state index is -0.472. The molecule has 1 aromatic carbocycles. The predicted octanol–water partition coefficient (Wildman–Crippen LogP) is 3.76. The highest BCUT2D eigenvalue weighted by molar-refractivity contribution is 6.03. The highest BCUT2D eigenvalue weighted by Gasteiger charge is 2.36. The maximum Gasteiger partial charge on any atom is 0.254 e. The summed E-state index contributed by atoms with van der Waals surface area (Å²) in [5.41, 5.74) is 1.54. The molecule has 0 spiro atoms. The molecule has 1 radical (unpaired) electrons. The number of methoxy groups -OCH3 is 1. The number of rotatable bonds is 3.